The highest BCUT2D eigenvalue weighted by molar-refractivity contribution is 7.86. The average Bonchev–Trinajstić information content (AvgIpc) is 2.29. The smallest absolute Gasteiger partial charge is 0.358 e. The van der Waals surface area contributed by atoms with Crippen molar-refractivity contribution in [2.75, 3.05) is 0 Å². The summed E-state index contributed by atoms with van der Waals surface area (Å²) in [6, 6.07) is 0. The normalized spacial score (nSPS) is 11.5. The second-order valence-corrected chi connectivity index (χ2v) is 3.50. The third kappa shape index (κ3) is 1.80. The van der Waals surface area contributed by atoms with Gasteiger partial charge in [0, 0.05) is 0 Å². The highest BCUT2D eigenvalue weighted by Gasteiger charge is 2.30. The Bertz CT molecular complexity index is 450. The van der Waals surface area contributed by atoms with Gasteiger partial charge in [0.15, 0.2) is 0 Å². The minimum absolute atomic E-state index is 0.730. The quantitative estimate of drug-likeness (QED) is 0.387. The Morgan fingerprint density at radius 3 is 2.54 bits per heavy atom. The number of hydrogen-bond acceptors (Lipinski definition) is 5. The minimum atomic E-state index is -5.08. The molecule has 72 valence electrons. The number of nitro groups is 1. The number of aryl methyl sites for hydroxylation is 1. The second kappa shape index (κ2) is 2.76. The summed E-state index contributed by atoms with van der Waals surface area (Å²) >= 11 is 0. The van der Waals surface area contributed by atoms with Gasteiger partial charge in [0.25, 0.3) is 0 Å². The summed E-state index contributed by atoms with van der Waals surface area (Å²) in [5.74, 6) is -1.01. The molecular weight excluding hydrogens is 205 g/mol. The molecule has 0 atom stereocenters. The lowest BCUT2D eigenvalue weighted by Crippen LogP contribution is -1.97. The van der Waals surface area contributed by atoms with Crippen molar-refractivity contribution in [3.63, 3.8) is 0 Å². The molecule has 9 heteroatoms. The molecule has 0 N–H and O–H groups in total. The standard InChI is InChI=1S/C4H4FN3O4S/c1-7-2-3(13(5,11)12)4(6-7)8(9)10/h2H,1H3. The molecule has 1 aromatic rings. The Morgan fingerprint density at radius 2 is 2.23 bits per heavy atom. The summed E-state index contributed by atoms with van der Waals surface area (Å²) in [7, 11) is -3.83. The zero-order valence-electron chi connectivity index (χ0n) is 6.34. The van der Waals surface area contributed by atoms with Gasteiger partial charge in [-0.15, -0.1) is 0 Å². The van der Waals surface area contributed by atoms with Crippen LogP contribution >= 0.6 is 0 Å². The van der Waals surface area contributed by atoms with Crippen molar-refractivity contribution < 1.29 is 17.2 Å². The number of rotatable bonds is 2. The van der Waals surface area contributed by atoms with Crippen molar-refractivity contribution in [2.45, 2.75) is 4.90 Å². The molecule has 0 aliphatic rings. The fourth-order valence-electron chi connectivity index (χ4n) is 0.753. The lowest BCUT2D eigenvalue weighted by atomic mass is 10.6. The zero-order chi connectivity index (χ0) is 10.2. The van der Waals surface area contributed by atoms with Crippen molar-refractivity contribution in [2.24, 2.45) is 7.05 Å². The number of halogens is 1. The Labute approximate surface area is 72.1 Å². The van der Waals surface area contributed by atoms with E-state index in [1.807, 2.05) is 0 Å². The van der Waals surface area contributed by atoms with E-state index in [2.05, 4.69) is 5.10 Å². The van der Waals surface area contributed by atoms with Crippen LogP contribution < -0.4 is 0 Å². The molecule has 0 unspecified atom stereocenters. The maximum Gasteiger partial charge on any atom is 0.411 e. The third-order valence-electron chi connectivity index (χ3n) is 1.21. The predicted molar refractivity (Wildman–Crippen MR) is 38.2 cm³/mol. The van der Waals surface area contributed by atoms with Crippen LogP contribution in [0.2, 0.25) is 0 Å². The van der Waals surface area contributed by atoms with Gasteiger partial charge < -0.3 is 10.1 Å². The van der Waals surface area contributed by atoms with E-state index in [9.17, 15) is 22.4 Å². The van der Waals surface area contributed by atoms with Crippen LogP contribution in [-0.2, 0) is 17.3 Å². The summed E-state index contributed by atoms with van der Waals surface area (Å²) in [6.45, 7) is 0. The molecule has 0 bridgehead atoms. The molecule has 0 spiro atoms. The van der Waals surface area contributed by atoms with Crippen LogP contribution in [0.1, 0.15) is 0 Å². The van der Waals surface area contributed by atoms with E-state index < -0.39 is 25.9 Å². The SMILES string of the molecule is Cn1cc(S(=O)(=O)F)c([N+](=O)[O-])n1. The number of aromatic nitrogens is 2. The van der Waals surface area contributed by atoms with Gasteiger partial charge in [-0.3, -0.25) is 0 Å². The average molecular weight is 209 g/mol. The van der Waals surface area contributed by atoms with Crippen molar-refractivity contribution in [3.05, 3.63) is 16.3 Å². The van der Waals surface area contributed by atoms with Gasteiger partial charge in [-0.2, -0.15) is 13.1 Å². The summed E-state index contributed by atoms with van der Waals surface area (Å²) in [6.07, 6.45) is 0.730. The Balaban J connectivity index is 3.46. The van der Waals surface area contributed by atoms with Gasteiger partial charge in [-0.05, 0) is 4.92 Å². The summed E-state index contributed by atoms with van der Waals surface area (Å²) in [5.41, 5.74) is 0. The first-order chi connectivity index (χ1) is 5.82. The fourth-order valence-corrected chi connectivity index (χ4v) is 1.37. The largest absolute Gasteiger partial charge is 0.411 e. The molecule has 0 fully saturated rings. The lowest BCUT2D eigenvalue weighted by Gasteiger charge is -1.88. The highest BCUT2D eigenvalue weighted by atomic mass is 32.3. The first-order valence-corrected chi connectivity index (χ1v) is 4.33. The molecule has 1 heterocycles. The molecule has 0 radical (unpaired) electrons. The van der Waals surface area contributed by atoms with Crippen molar-refractivity contribution >= 4 is 16.0 Å². The second-order valence-electron chi connectivity index (χ2n) is 2.19. The predicted octanol–water partition coefficient (Wildman–Crippen LogP) is -0.0135. The number of nitrogens with zero attached hydrogens (tertiary/aromatic N) is 3. The van der Waals surface area contributed by atoms with Crippen LogP contribution in [0.4, 0.5) is 9.70 Å². The number of hydrogen-bond donors (Lipinski definition) is 0. The summed E-state index contributed by atoms with van der Waals surface area (Å²) in [4.78, 5) is 8.09. The van der Waals surface area contributed by atoms with Crippen LogP contribution in [0.5, 0.6) is 0 Å². The monoisotopic (exact) mass is 209 g/mol. The van der Waals surface area contributed by atoms with Crippen molar-refractivity contribution in [1.29, 1.82) is 0 Å². The summed E-state index contributed by atoms with van der Waals surface area (Å²) < 4.78 is 33.9. The molecule has 0 aliphatic heterocycles. The van der Waals surface area contributed by atoms with Crippen LogP contribution in [0.3, 0.4) is 0 Å². The maximum atomic E-state index is 12.4. The van der Waals surface area contributed by atoms with Gasteiger partial charge >= 0.3 is 16.0 Å². The molecule has 1 rings (SSSR count). The van der Waals surface area contributed by atoms with Gasteiger partial charge in [0.2, 0.25) is 4.90 Å². The zero-order valence-corrected chi connectivity index (χ0v) is 7.15. The molecule has 0 saturated carbocycles. The van der Waals surface area contributed by atoms with Gasteiger partial charge in [0.05, 0.1) is 18.3 Å². The molecule has 7 nitrogen and oxygen atoms in total. The molecule has 1 aromatic heterocycles. The Hall–Kier alpha value is -1.51. The van der Waals surface area contributed by atoms with E-state index in [1.165, 1.54) is 7.05 Å². The van der Waals surface area contributed by atoms with E-state index in [-0.39, 0.29) is 0 Å². The minimum Gasteiger partial charge on any atom is -0.358 e. The molecule has 0 amide bonds. The van der Waals surface area contributed by atoms with E-state index >= 15 is 0 Å². The van der Waals surface area contributed by atoms with Crippen LogP contribution in [0.25, 0.3) is 0 Å². The van der Waals surface area contributed by atoms with Crippen molar-refractivity contribution in [1.82, 2.24) is 9.78 Å². The van der Waals surface area contributed by atoms with Gasteiger partial charge in [-0.1, -0.05) is 3.89 Å². The van der Waals surface area contributed by atoms with E-state index in [4.69, 9.17) is 0 Å². The van der Waals surface area contributed by atoms with Crippen LogP contribution in [-0.4, -0.2) is 23.1 Å². The molecular formula is C4H4FN3O4S. The maximum absolute atomic E-state index is 12.4. The van der Waals surface area contributed by atoms with Gasteiger partial charge in [-0.25, -0.2) is 0 Å². The van der Waals surface area contributed by atoms with Crippen LogP contribution in [0.15, 0.2) is 11.1 Å². The topological polar surface area (TPSA) is 95.1 Å². The first kappa shape index (κ1) is 9.58. The molecule has 0 saturated heterocycles. The fraction of sp³-hybridized carbons (Fsp3) is 0.250. The lowest BCUT2D eigenvalue weighted by molar-refractivity contribution is -0.392. The molecule has 0 aliphatic carbocycles. The molecule has 0 aromatic carbocycles. The van der Waals surface area contributed by atoms with Crippen molar-refractivity contribution in [3.8, 4) is 0 Å². The first-order valence-electron chi connectivity index (χ1n) is 2.95. The summed E-state index contributed by atoms with van der Waals surface area (Å²) in [5, 5.41) is 13.4. The van der Waals surface area contributed by atoms with Gasteiger partial charge in [0.1, 0.15) is 0 Å². The third-order valence-corrected chi connectivity index (χ3v) is 2.03. The highest BCUT2D eigenvalue weighted by Crippen LogP contribution is 2.22. The van der Waals surface area contributed by atoms with E-state index in [0.29, 0.717) is 0 Å². The Morgan fingerprint density at radius 1 is 1.69 bits per heavy atom. The Kier molecular flexibility index (Phi) is 2.04. The van der Waals surface area contributed by atoms with E-state index in [0.717, 1.165) is 10.9 Å². The van der Waals surface area contributed by atoms with E-state index in [1.54, 1.807) is 0 Å². The van der Waals surface area contributed by atoms with Crippen LogP contribution in [0, 0.1) is 10.1 Å². The molecule has 13 heavy (non-hydrogen) atoms.